The van der Waals surface area contributed by atoms with E-state index in [1.165, 1.54) is 0 Å². The first kappa shape index (κ1) is 20.4. The Bertz CT molecular complexity index is 1180. The molecule has 0 N–H and O–H groups in total. The van der Waals surface area contributed by atoms with Crippen LogP contribution in [0.2, 0.25) is 5.02 Å². The van der Waals surface area contributed by atoms with Gasteiger partial charge in [0.05, 0.1) is 24.8 Å². The van der Waals surface area contributed by atoms with Crippen molar-refractivity contribution in [3.05, 3.63) is 63.0 Å². The van der Waals surface area contributed by atoms with Crippen molar-refractivity contribution in [3.63, 3.8) is 0 Å². The number of hydrogen-bond acceptors (Lipinski definition) is 6. The molecule has 31 heavy (non-hydrogen) atoms. The summed E-state index contributed by atoms with van der Waals surface area (Å²) in [5.41, 5.74) is 2.65. The van der Waals surface area contributed by atoms with E-state index in [0.717, 1.165) is 38.4 Å². The number of rotatable bonds is 3. The molecule has 1 aromatic carbocycles. The third kappa shape index (κ3) is 3.58. The first-order valence-corrected chi connectivity index (χ1v) is 11.5. The summed E-state index contributed by atoms with van der Waals surface area (Å²) in [4.78, 5) is 20.9. The molecular weight excluding hydrogens is 434 g/mol. The topological polar surface area (TPSA) is 72.6 Å². The highest BCUT2D eigenvalue weighted by atomic mass is 35.5. The summed E-state index contributed by atoms with van der Waals surface area (Å²) in [6, 6.07) is 9.79. The largest absolute Gasteiger partial charge is 0.378 e. The number of thiophene rings is 1. The lowest BCUT2D eigenvalue weighted by molar-refractivity contribution is -0.136. The Hall–Kier alpha value is -2.55. The molecule has 1 saturated heterocycles. The number of aliphatic imine (C=N–C) groups is 1. The van der Waals surface area contributed by atoms with Crippen molar-refractivity contribution in [3.8, 4) is 5.00 Å². The fraction of sp³-hybridized carbons (Fsp3) is 0.364. The molecule has 5 rings (SSSR count). The lowest BCUT2D eigenvalue weighted by Gasteiger charge is -2.29. The summed E-state index contributed by atoms with van der Waals surface area (Å²) in [6.45, 7) is 6.76. The Balaban J connectivity index is 1.61. The fourth-order valence-electron chi connectivity index (χ4n) is 4.02. The third-order valence-corrected chi connectivity index (χ3v) is 7.34. The molecule has 160 valence electrons. The Labute approximate surface area is 189 Å². The third-order valence-electron chi connectivity index (χ3n) is 5.71. The van der Waals surface area contributed by atoms with Gasteiger partial charge in [0.15, 0.2) is 5.82 Å². The van der Waals surface area contributed by atoms with Gasteiger partial charge < -0.3 is 9.64 Å². The van der Waals surface area contributed by atoms with Crippen LogP contribution >= 0.6 is 22.9 Å². The van der Waals surface area contributed by atoms with Gasteiger partial charge in [-0.3, -0.25) is 14.4 Å². The number of morpholine rings is 1. The van der Waals surface area contributed by atoms with Crippen molar-refractivity contribution in [1.29, 1.82) is 0 Å². The molecule has 1 atom stereocenters. The highest BCUT2D eigenvalue weighted by Crippen LogP contribution is 2.37. The molecule has 1 unspecified atom stereocenters. The second kappa shape index (κ2) is 8.18. The maximum atomic E-state index is 13.1. The van der Waals surface area contributed by atoms with E-state index >= 15 is 0 Å². The highest BCUT2D eigenvalue weighted by Gasteiger charge is 2.30. The summed E-state index contributed by atoms with van der Waals surface area (Å²) in [5.74, 6) is 1.44. The molecule has 0 aliphatic carbocycles. The molecule has 2 aliphatic heterocycles. The zero-order chi connectivity index (χ0) is 21.5. The summed E-state index contributed by atoms with van der Waals surface area (Å²) in [7, 11) is 0. The molecule has 1 amide bonds. The minimum absolute atomic E-state index is 0.122. The summed E-state index contributed by atoms with van der Waals surface area (Å²) in [6.07, 6.45) is 0. The fourth-order valence-corrected chi connectivity index (χ4v) is 5.52. The number of ether oxygens (including phenoxy) is 1. The summed E-state index contributed by atoms with van der Waals surface area (Å²) < 4.78 is 7.44. The van der Waals surface area contributed by atoms with E-state index in [9.17, 15) is 4.79 Å². The standard InChI is InChI=1S/C22H22ClN5O2S/c1-13(21(29)27-7-9-30-10-8-27)18-11-16-20(15-5-3-4-6-17(15)23)24-12-19-26-25-14(2)28(19)22(16)31-18/h3-6,11,13H,7-10,12H2,1-2H3. The van der Waals surface area contributed by atoms with E-state index in [2.05, 4.69) is 16.3 Å². The zero-order valence-electron chi connectivity index (χ0n) is 17.3. The van der Waals surface area contributed by atoms with E-state index < -0.39 is 0 Å². The van der Waals surface area contributed by atoms with Crippen molar-refractivity contribution >= 4 is 34.6 Å². The SMILES string of the molecule is Cc1nnc2n1-c1sc(C(C)C(=O)N3CCOCC3)cc1C(c1ccccc1Cl)=NC2. The predicted octanol–water partition coefficient (Wildman–Crippen LogP) is 3.60. The monoisotopic (exact) mass is 455 g/mol. The van der Waals surface area contributed by atoms with Crippen LogP contribution in [-0.2, 0) is 16.1 Å². The van der Waals surface area contributed by atoms with Gasteiger partial charge in [-0.25, -0.2) is 0 Å². The Morgan fingerprint density at radius 2 is 1.97 bits per heavy atom. The average Bonchev–Trinajstić information content (AvgIpc) is 3.34. The van der Waals surface area contributed by atoms with Crippen LogP contribution in [0.4, 0.5) is 0 Å². The number of halogens is 1. The first-order chi connectivity index (χ1) is 15.0. The number of hydrogen-bond donors (Lipinski definition) is 0. The van der Waals surface area contributed by atoms with Gasteiger partial charge in [0.1, 0.15) is 17.4 Å². The van der Waals surface area contributed by atoms with Gasteiger partial charge >= 0.3 is 0 Å². The van der Waals surface area contributed by atoms with E-state index in [1.807, 2.05) is 47.6 Å². The molecule has 7 nitrogen and oxygen atoms in total. The number of benzene rings is 1. The lowest BCUT2D eigenvalue weighted by Crippen LogP contribution is -2.42. The van der Waals surface area contributed by atoms with Gasteiger partial charge in [-0.2, -0.15) is 0 Å². The normalized spacial score (nSPS) is 16.9. The quantitative estimate of drug-likeness (QED) is 0.604. The predicted molar refractivity (Wildman–Crippen MR) is 121 cm³/mol. The van der Waals surface area contributed by atoms with Gasteiger partial charge in [-0.05, 0) is 26.0 Å². The molecule has 1 fully saturated rings. The van der Waals surface area contributed by atoms with Crippen LogP contribution in [-0.4, -0.2) is 57.6 Å². The van der Waals surface area contributed by atoms with Gasteiger partial charge in [0.25, 0.3) is 0 Å². The second-order valence-corrected chi connectivity index (χ2v) is 9.14. The zero-order valence-corrected chi connectivity index (χ0v) is 18.9. The Morgan fingerprint density at radius 1 is 1.19 bits per heavy atom. The number of carbonyl (C=O) groups excluding carboxylic acids is 1. The molecule has 0 saturated carbocycles. The van der Waals surface area contributed by atoms with Gasteiger partial charge in [-0.1, -0.05) is 29.8 Å². The number of fused-ring (bicyclic) bond motifs is 3. The van der Waals surface area contributed by atoms with Crippen LogP contribution in [0, 0.1) is 6.92 Å². The van der Waals surface area contributed by atoms with Crippen LogP contribution in [0.3, 0.4) is 0 Å². The average molecular weight is 456 g/mol. The summed E-state index contributed by atoms with van der Waals surface area (Å²) in [5, 5.41) is 10.2. The van der Waals surface area contributed by atoms with E-state index in [1.54, 1.807) is 11.3 Å². The first-order valence-electron chi connectivity index (χ1n) is 10.3. The van der Waals surface area contributed by atoms with Crippen molar-refractivity contribution in [2.75, 3.05) is 26.3 Å². The minimum atomic E-state index is -0.261. The molecule has 2 aromatic heterocycles. The van der Waals surface area contributed by atoms with Gasteiger partial charge in [0, 0.05) is 34.1 Å². The maximum Gasteiger partial charge on any atom is 0.230 e. The second-order valence-electron chi connectivity index (χ2n) is 7.67. The molecule has 2 aliphatic rings. The number of amides is 1. The molecule has 0 bridgehead atoms. The van der Waals surface area contributed by atoms with E-state index in [0.29, 0.717) is 37.9 Å². The maximum absolute atomic E-state index is 13.1. The molecule has 0 spiro atoms. The lowest BCUT2D eigenvalue weighted by atomic mass is 10.0. The van der Waals surface area contributed by atoms with Gasteiger partial charge in [0.2, 0.25) is 5.91 Å². The summed E-state index contributed by atoms with van der Waals surface area (Å²) >= 11 is 8.13. The van der Waals surface area contributed by atoms with E-state index in [4.69, 9.17) is 21.3 Å². The Morgan fingerprint density at radius 3 is 2.74 bits per heavy atom. The van der Waals surface area contributed by atoms with Crippen molar-refractivity contribution in [2.45, 2.75) is 26.3 Å². The van der Waals surface area contributed by atoms with Crippen molar-refractivity contribution in [2.24, 2.45) is 4.99 Å². The van der Waals surface area contributed by atoms with Crippen molar-refractivity contribution < 1.29 is 9.53 Å². The molecular formula is C22H22ClN5O2S. The van der Waals surface area contributed by atoms with Crippen LogP contribution in [0.5, 0.6) is 0 Å². The van der Waals surface area contributed by atoms with Gasteiger partial charge in [-0.15, -0.1) is 21.5 Å². The molecule has 3 aromatic rings. The van der Waals surface area contributed by atoms with Crippen LogP contribution in [0.25, 0.3) is 5.00 Å². The van der Waals surface area contributed by atoms with Crippen LogP contribution < -0.4 is 0 Å². The molecule has 9 heteroatoms. The van der Waals surface area contributed by atoms with Crippen LogP contribution in [0.1, 0.15) is 40.5 Å². The molecule has 4 heterocycles. The number of aromatic nitrogens is 3. The smallest absolute Gasteiger partial charge is 0.230 e. The number of aryl methyl sites for hydroxylation is 1. The van der Waals surface area contributed by atoms with Crippen molar-refractivity contribution in [1.82, 2.24) is 19.7 Å². The van der Waals surface area contributed by atoms with E-state index in [-0.39, 0.29) is 11.8 Å². The highest BCUT2D eigenvalue weighted by molar-refractivity contribution is 7.15. The van der Waals surface area contributed by atoms with Crippen LogP contribution in [0.15, 0.2) is 35.3 Å². The molecule has 0 radical (unpaired) electrons. The number of nitrogens with zero attached hydrogens (tertiary/aromatic N) is 5. The Kier molecular flexibility index (Phi) is 5.37. The number of carbonyl (C=O) groups is 1. The minimum Gasteiger partial charge on any atom is -0.378 e.